The predicted octanol–water partition coefficient (Wildman–Crippen LogP) is 11.3. The fourth-order valence-corrected chi connectivity index (χ4v) is 7.57. The summed E-state index contributed by atoms with van der Waals surface area (Å²) >= 11 is 1.58. The van der Waals surface area contributed by atoms with Crippen LogP contribution in [0, 0.1) is 5.92 Å². The number of rotatable bonds is 6. The number of alkyl halides is 3. The summed E-state index contributed by atoms with van der Waals surface area (Å²) < 4.78 is 47.7. The number of amidine groups is 1. The average Bonchev–Trinajstić information content (AvgIpc) is 3.81. The lowest BCUT2D eigenvalue weighted by molar-refractivity contribution is -0.137. The van der Waals surface area contributed by atoms with Gasteiger partial charge in [0.25, 0.3) is 0 Å². The Morgan fingerprint density at radius 1 is 0.722 bits per heavy atom. The standard InChI is InChI=1S/C44H28F3N5OS/c45-44(46,47)30-23-21-27(22-24-30)25-48-42(49-35-26-54-37-20-8-7-15-31(35)37)34-18-9-16-32-38-33(17-10-19-36(38)53-39(32)34)43-51-40(28-11-3-1-4-12-28)50-41(52-43)29-13-5-2-6-14-29/h1-26,34,39H/b48-25+,49-42-. The Kier molecular flexibility index (Phi) is 8.51. The first kappa shape index (κ1) is 33.3. The van der Waals surface area contributed by atoms with Crippen molar-refractivity contribution in [2.45, 2.75) is 12.3 Å². The minimum atomic E-state index is -4.43. The third-order valence-corrected chi connectivity index (χ3v) is 10.3. The topological polar surface area (TPSA) is 72.6 Å². The highest BCUT2D eigenvalue weighted by Crippen LogP contribution is 2.47. The van der Waals surface area contributed by atoms with Crippen molar-refractivity contribution in [1.82, 2.24) is 15.0 Å². The van der Waals surface area contributed by atoms with Gasteiger partial charge in [0.1, 0.15) is 17.7 Å². The predicted molar refractivity (Wildman–Crippen MR) is 209 cm³/mol. The van der Waals surface area contributed by atoms with Gasteiger partial charge in [0.15, 0.2) is 17.5 Å². The molecule has 2 aromatic heterocycles. The molecule has 0 spiro atoms. The number of benzene rings is 5. The molecule has 2 atom stereocenters. The normalized spacial score (nSPS) is 16.6. The van der Waals surface area contributed by atoms with E-state index in [2.05, 4.69) is 0 Å². The molecule has 0 amide bonds. The minimum Gasteiger partial charge on any atom is -0.484 e. The van der Waals surface area contributed by atoms with Gasteiger partial charge in [-0.05, 0) is 29.8 Å². The van der Waals surface area contributed by atoms with Gasteiger partial charge in [-0.3, -0.25) is 0 Å². The number of thiophene rings is 1. The molecule has 0 radical (unpaired) electrons. The zero-order valence-corrected chi connectivity index (χ0v) is 29.2. The summed E-state index contributed by atoms with van der Waals surface area (Å²) in [6.07, 6.45) is 2.63. The number of halogens is 3. The Labute approximate surface area is 312 Å². The van der Waals surface area contributed by atoms with E-state index in [0.717, 1.165) is 55.7 Å². The van der Waals surface area contributed by atoms with E-state index < -0.39 is 23.8 Å². The maximum atomic E-state index is 13.3. The van der Waals surface area contributed by atoms with E-state index in [0.29, 0.717) is 34.6 Å². The SMILES string of the molecule is FC(F)(F)c1ccc(/C=N/C(=N\c2csc3ccccc23)C2C=CC=C3c4c(cccc4-c4nc(-c5ccccc5)nc(-c5ccccc5)n4)OC32)cc1. The van der Waals surface area contributed by atoms with Gasteiger partial charge in [0.05, 0.1) is 17.2 Å². The summed E-state index contributed by atoms with van der Waals surface area (Å²) in [6, 6.07) is 38.4. The van der Waals surface area contributed by atoms with Gasteiger partial charge in [-0.2, -0.15) is 13.2 Å². The quantitative estimate of drug-likeness (QED) is 0.126. The van der Waals surface area contributed by atoms with E-state index >= 15 is 0 Å². The second kappa shape index (κ2) is 13.8. The van der Waals surface area contributed by atoms with Crippen LogP contribution in [0.4, 0.5) is 18.9 Å². The van der Waals surface area contributed by atoms with E-state index in [1.54, 1.807) is 17.6 Å². The monoisotopic (exact) mass is 731 g/mol. The first-order valence-corrected chi connectivity index (χ1v) is 18.1. The number of hydrogen-bond acceptors (Lipinski definition) is 6. The molecule has 7 aromatic rings. The van der Waals surface area contributed by atoms with Crippen LogP contribution in [0.3, 0.4) is 0 Å². The van der Waals surface area contributed by atoms with Gasteiger partial charge < -0.3 is 4.74 Å². The van der Waals surface area contributed by atoms with Crippen LogP contribution in [-0.4, -0.2) is 33.1 Å². The molecule has 2 unspecified atom stereocenters. The van der Waals surface area contributed by atoms with E-state index in [-0.39, 0.29) is 0 Å². The highest BCUT2D eigenvalue weighted by molar-refractivity contribution is 7.17. The molecule has 3 heterocycles. The molecule has 1 aliphatic carbocycles. The molecular formula is C44H28F3N5OS. The number of nitrogens with zero attached hydrogens (tertiary/aromatic N) is 5. The van der Waals surface area contributed by atoms with Gasteiger partial charge in [-0.15, -0.1) is 11.3 Å². The van der Waals surface area contributed by atoms with Crippen LogP contribution in [0.1, 0.15) is 16.7 Å². The summed E-state index contributed by atoms with van der Waals surface area (Å²) in [4.78, 5) is 24.8. The molecule has 1 aliphatic heterocycles. The van der Waals surface area contributed by atoms with Crippen LogP contribution < -0.4 is 4.74 Å². The summed E-state index contributed by atoms with van der Waals surface area (Å²) in [5.41, 5.74) is 4.86. The molecule has 2 aliphatic rings. The summed E-state index contributed by atoms with van der Waals surface area (Å²) in [7, 11) is 0. The molecule has 9 rings (SSSR count). The Balaban J connectivity index is 1.13. The van der Waals surface area contributed by atoms with E-state index in [1.165, 1.54) is 12.1 Å². The Morgan fingerprint density at radius 3 is 2.09 bits per heavy atom. The van der Waals surface area contributed by atoms with Gasteiger partial charge in [-0.25, -0.2) is 24.9 Å². The van der Waals surface area contributed by atoms with Crippen LogP contribution in [0.15, 0.2) is 161 Å². The number of allylic oxidation sites excluding steroid dienone is 2. The maximum Gasteiger partial charge on any atom is 0.416 e. The van der Waals surface area contributed by atoms with Crippen LogP contribution in [0.2, 0.25) is 0 Å². The van der Waals surface area contributed by atoms with Crippen LogP contribution in [0.25, 0.3) is 49.8 Å². The molecule has 0 fully saturated rings. The molecule has 5 aromatic carbocycles. The number of aromatic nitrogens is 3. The number of aliphatic imine (C=N–C) groups is 2. The molecule has 6 nitrogen and oxygen atoms in total. The lowest BCUT2D eigenvalue weighted by Gasteiger charge is -2.24. The zero-order chi connectivity index (χ0) is 36.6. The van der Waals surface area contributed by atoms with Gasteiger partial charge >= 0.3 is 6.18 Å². The van der Waals surface area contributed by atoms with Crippen LogP contribution >= 0.6 is 11.3 Å². The molecule has 262 valence electrons. The van der Waals surface area contributed by atoms with Crippen molar-refractivity contribution in [2.24, 2.45) is 15.9 Å². The third kappa shape index (κ3) is 6.41. The molecule has 0 saturated heterocycles. The number of ether oxygens (including phenoxy) is 1. The zero-order valence-electron chi connectivity index (χ0n) is 28.4. The van der Waals surface area contributed by atoms with Crippen molar-refractivity contribution in [3.63, 3.8) is 0 Å². The Bertz CT molecular complexity index is 2570. The third-order valence-electron chi connectivity index (χ3n) is 9.31. The lowest BCUT2D eigenvalue weighted by atomic mass is 9.86. The highest BCUT2D eigenvalue weighted by atomic mass is 32.1. The molecule has 0 bridgehead atoms. The molecule has 0 N–H and O–H groups in total. The Morgan fingerprint density at radius 2 is 1.39 bits per heavy atom. The van der Waals surface area contributed by atoms with E-state index in [4.69, 9.17) is 29.7 Å². The first-order valence-electron chi connectivity index (χ1n) is 17.2. The minimum absolute atomic E-state index is 0.437. The molecule has 54 heavy (non-hydrogen) atoms. The van der Waals surface area contributed by atoms with Gasteiger partial charge in [-0.1, -0.05) is 121 Å². The fourth-order valence-electron chi connectivity index (χ4n) is 6.69. The van der Waals surface area contributed by atoms with Crippen molar-refractivity contribution < 1.29 is 17.9 Å². The van der Waals surface area contributed by atoms with Crippen molar-refractivity contribution in [3.8, 4) is 39.9 Å². The average molecular weight is 732 g/mol. The van der Waals surface area contributed by atoms with Crippen LogP contribution in [-0.2, 0) is 6.18 Å². The second-order valence-electron chi connectivity index (χ2n) is 12.8. The van der Waals surface area contributed by atoms with Crippen molar-refractivity contribution in [3.05, 3.63) is 168 Å². The smallest absolute Gasteiger partial charge is 0.416 e. The molecular weight excluding hydrogens is 704 g/mol. The number of fused-ring (bicyclic) bond motifs is 4. The summed E-state index contributed by atoms with van der Waals surface area (Å²) in [6.45, 7) is 0. The number of hydrogen-bond donors (Lipinski definition) is 0. The highest BCUT2D eigenvalue weighted by Gasteiger charge is 2.40. The first-order chi connectivity index (χ1) is 26.4. The molecule has 0 saturated carbocycles. The fraction of sp³-hybridized carbons (Fsp3) is 0.0682. The molecule has 10 heteroatoms. The van der Waals surface area contributed by atoms with E-state index in [1.807, 2.05) is 127 Å². The largest absolute Gasteiger partial charge is 0.484 e. The van der Waals surface area contributed by atoms with Crippen molar-refractivity contribution in [2.75, 3.05) is 0 Å². The van der Waals surface area contributed by atoms with Gasteiger partial charge in [0, 0.05) is 49.5 Å². The van der Waals surface area contributed by atoms with Crippen molar-refractivity contribution >= 4 is 44.7 Å². The van der Waals surface area contributed by atoms with Crippen LogP contribution in [0.5, 0.6) is 5.75 Å². The lowest BCUT2D eigenvalue weighted by Crippen LogP contribution is -2.30. The second-order valence-corrected chi connectivity index (χ2v) is 13.7. The Hall–Kier alpha value is -6.52. The maximum absolute atomic E-state index is 13.3. The van der Waals surface area contributed by atoms with Gasteiger partial charge in [0.2, 0.25) is 0 Å². The summed E-state index contributed by atoms with van der Waals surface area (Å²) in [5, 5.41) is 2.97. The van der Waals surface area contributed by atoms with Crippen molar-refractivity contribution in [1.29, 1.82) is 0 Å². The summed E-state index contributed by atoms with van der Waals surface area (Å²) in [5.74, 6) is 2.31. The van der Waals surface area contributed by atoms with E-state index in [9.17, 15) is 13.2 Å².